The van der Waals surface area contributed by atoms with Gasteiger partial charge in [0, 0.05) is 29.7 Å². The summed E-state index contributed by atoms with van der Waals surface area (Å²) in [6.07, 6.45) is 6.85. The lowest BCUT2D eigenvalue weighted by Gasteiger charge is -2.43. The van der Waals surface area contributed by atoms with Crippen LogP contribution in [0.15, 0.2) is 72.9 Å². The van der Waals surface area contributed by atoms with Gasteiger partial charge in [0.1, 0.15) is 6.10 Å². The molecule has 0 spiro atoms. The monoisotopic (exact) mass is 456 g/mol. The number of carbonyl (C=O) groups is 2. The Hall–Kier alpha value is -3.34. The average molecular weight is 457 g/mol. The van der Waals surface area contributed by atoms with Gasteiger partial charge in [-0.2, -0.15) is 0 Å². The minimum Gasteiger partial charge on any atom is -0.446 e. The first-order valence-corrected chi connectivity index (χ1v) is 12.3. The molecule has 1 fully saturated rings. The quantitative estimate of drug-likeness (QED) is 0.477. The number of nitrogens with zero attached hydrogens (tertiary/aromatic N) is 1. The van der Waals surface area contributed by atoms with Crippen molar-refractivity contribution >= 4 is 22.8 Å². The van der Waals surface area contributed by atoms with Crippen LogP contribution in [0.3, 0.4) is 0 Å². The van der Waals surface area contributed by atoms with Crippen LogP contribution in [-0.4, -0.2) is 27.9 Å². The molecule has 5 heteroatoms. The van der Waals surface area contributed by atoms with Gasteiger partial charge in [-0.3, -0.25) is 9.69 Å². The van der Waals surface area contributed by atoms with Gasteiger partial charge in [-0.25, -0.2) is 4.79 Å². The van der Waals surface area contributed by atoms with Gasteiger partial charge in [0.2, 0.25) is 0 Å². The molecule has 2 heterocycles. The summed E-state index contributed by atoms with van der Waals surface area (Å²) in [5.41, 5.74) is 2.99. The zero-order valence-corrected chi connectivity index (χ0v) is 19.9. The number of hydrogen-bond acceptors (Lipinski definition) is 3. The third-order valence-electron chi connectivity index (χ3n) is 7.67. The molecule has 5 rings (SSSR count). The molecule has 0 radical (unpaired) electrons. The smallest absolute Gasteiger partial charge is 0.414 e. The van der Waals surface area contributed by atoms with Gasteiger partial charge in [0.25, 0.3) is 0 Å². The molecule has 2 aromatic carbocycles. The van der Waals surface area contributed by atoms with Gasteiger partial charge in [0.15, 0.2) is 5.78 Å². The number of ether oxygens (including phenoxy) is 1. The van der Waals surface area contributed by atoms with Crippen molar-refractivity contribution in [2.24, 2.45) is 5.92 Å². The number of rotatable bonds is 4. The molecule has 3 aromatic rings. The zero-order chi connectivity index (χ0) is 23.7. The van der Waals surface area contributed by atoms with Crippen molar-refractivity contribution < 1.29 is 14.3 Å². The predicted octanol–water partition coefficient (Wildman–Crippen LogP) is 6.67. The number of para-hydroxylation sites is 1. The van der Waals surface area contributed by atoms with Gasteiger partial charge < -0.3 is 9.72 Å². The Morgan fingerprint density at radius 2 is 1.76 bits per heavy atom. The first kappa shape index (κ1) is 22.5. The van der Waals surface area contributed by atoms with Crippen molar-refractivity contribution in [3.63, 3.8) is 0 Å². The van der Waals surface area contributed by atoms with E-state index in [1.165, 1.54) is 11.6 Å². The molecule has 34 heavy (non-hydrogen) atoms. The van der Waals surface area contributed by atoms with E-state index in [4.69, 9.17) is 4.74 Å². The van der Waals surface area contributed by atoms with Crippen LogP contribution in [0, 0.1) is 5.92 Å². The third-order valence-corrected chi connectivity index (χ3v) is 7.67. The SMILES string of the molecule is CC(C)(c1ccccc1)[C@@H]1CCCC[C@H]1OC(=O)N1C=CC(=O)C[C@H]1c1cc2ccccc2[nH]1. The maximum Gasteiger partial charge on any atom is 0.414 e. The van der Waals surface area contributed by atoms with E-state index in [0.29, 0.717) is 0 Å². The highest BCUT2D eigenvalue weighted by atomic mass is 16.6. The largest absolute Gasteiger partial charge is 0.446 e. The predicted molar refractivity (Wildman–Crippen MR) is 133 cm³/mol. The summed E-state index contributed by atoms with van der Waals surface area (Å²) in [6, 6.07) is 20.1. The molecule has 3 atom stereocenters. The molecule has 176 valence electrons. The van der Waals surface area contributed by atoms with Gasteiger partial charge in [0.05, 0.1) is 6.04 Å². The molecule has 1 aliphatic carbocycles. The molecule has 1 N–H and O–H groups in total. The number of aromatic nitrogens is 1. The second kappa shape index (κ2) is 9.13. The summed E-state index contributed by atoms with van der Waals surface area (Å²) in [7, 11) is 0. The van der Waals surface area contributed by atoms with E-state index >= 15 is 0 Å². The van der Waals surface area contributed by atoms with Gasteiger partial charge in [-0.05, 0) is 53.8 Å². The highest BCUT2D eigenvalue weighted by Gasteiger charge is 2.41. The topological polar surface area (TPSA) is 62.4 Å². The van der Waals surface area contributed by atoms with Crippen LogP contribution < -0.4 is 0 Å². The van der Waals surface area contributed by atoms with Crippen LogP contribution in [0.2, 0.25) is 0 Å². The first-order valence-electron chi connectivity index (χ1n) is 12.3. The molecule has 1 amide bonds. The van der Waals surface area contributed by atoms with Crippen molar-refractivity contribution in [2.75, 3.05) is 0 Å². The summed E-state index contributed by atoms with van der Waals surface area (Å²) < 4.78 is 6.22. The fraction of sp³-hybridized carbons (Fsp3) is 0.379. The summed E-state index contributed by atoms with van der Waals surface area (Å²) in [4.78, 5) is 30.8. The summed E-state index contributed by atoms with van der Waals surface area (Å²) in [5.74, 6) is 0.239. The molecular formula is C29H32N2O3. The Labute approximate surface area is 200 Å². The molecule has 1 aliphatic heterocycles. The lowest BCUT2D eigenvalue weighted by molar-refractivity contribution is -0.116. The van der Waals surface area contributed by atoms with Crippen LogP contribution in [-0.2, 0) is 14.9 Å². The molecule has 1 saturated carbocycles. The van der Waals surface area contributed by atoms with Crippen LogP contribution in [0.25, 0.3) is 10.9 Å². The van der Waals surface area contributed by atoms with E-state index in [1.54, 1.807) is 11.1 Å². The number of amides is 1. The minimum absolute atomic E-state index is 0.00783. The lowest BCUT2D eigenvalue weighted by Crippen LogP contribution is -2.44. The molecule has 0 unspecified atom stereocenters. The summed E-state index contributed by atoms with van der Waals surface area (Å²) in [6.45, 7) is 4.51. The van der Waals surface area contributed by atoms with Crippen LogP contribution >= 0.6 is 0 Å². The normalized spacial score (nSPS) is 23.3. The average Bonchev–Trinajstić information content (AvgIpc) is 3.29. The number of allylic oxidation sites excluding steroid dienone is 1. The van der Waals surface area contributed by atoms with Crippen molar-refractivity contribution in [1.29, 1.82) is 0 Å². The number of benzene rings is 2. The maximum absolute atomic E-state index is 13.5. The maximum atomic E-state index is 13.5. The van der Waals surface area contributed by atoms with E-state index in [9.17, 15) is 9.59 Å². The second-order valence-electron chi connectivity index (χ2n) is 10.1. The van der Waals surface area contributed by atoms with Gasteiger partial charge in [-0.1, -0.05) is 68.8 Å². The number of carbonyl (C=O) groups excluding carboxylic acids is 2. The number of H-pyrrole nitrogens is 1. The Kier molecular flexibility index (Phi) is 6.03. The van der Waals surface area contributed by atoms with Crippen molar-refractivity contribution in [2.45, 2.75) is 63.5 Å². The first-order chi connectivity index (χ1) is 16.4. The highest BCUT2D eigenvalue weighted by Crippen LogP contribution is 2.42. The standard InChI is InChI=1S/C29H32N2O3/c1-29(2,21-11-4-3-5-12-21)23-13-7-9-15-27(23)34-28(33)31-17-16-22(32)19-26(31)25-18-20-10-6-8-14-24(20)30-25/h3-6,8,10-12,14,16-18,23,26-27,30H,7,9,13,15,19H2,1-2H3/t23-,26+,27-/m1/s1. The fourth-order valence-electron chi connectivity index (χ4n) is 5.68. The third kappa shape index (κ3) is 4.27. The van der Waals surface area contributed by atoms with Crippen LogP contribution in [0.5, 0.6) is 0 Å². The Bertz CT molecular complexity index is 1180. The van der Waals surface area contributed by atoms with E-state index in [-0.39, 0.29) is 35.7 Å². The number of ketones is 1. The molecule has 5 nitrogen and oxygen atoms in total. The Balaban J connectivity index is 1.39. The Morgan fingerprint density at radius 3 is 2.56 bits per heavy atom. The van der Waals surface area contributed by atoms with Gasteiger partial charge >= 0.3 is 6.09 Å². The zero-order valence-electron chi connectivity index (χ0n) is 19.9. The number of hydrogen-bond donors (Lipinski definition) is 1. The summed E-state index contributed by atoms with van der Waals surface area (Å²) >= 11 is 0. The van der Waals surface area contributed by atoms with Crippen LogP contribution in [0.1, 0.15) is 63.3 Å². The molecule has 0 saturated heterocycles. The number of fused-ring (bicyclic) bond motifs is 1. The van der Waals surface area contributed by atoms with E-state index in [2.05, 4.69) is 43.1 Å². The Morgan fingerprint density at radius 1 is 1.03 bits per heavy atom. The van der Waals surface area contributed by atoms with Crippen molar-refractivity contribution in [3.8, 4) is 0 Å². The van der Waals surface area contributed by atoms with Gasteiger partial charge in [-0.15, -0.1) is 0 Å². The molecule has 2 aliphatic rings. The number of nitrogens with one attached hydrogen (secondary N) is 1. The number of aromatic amines is 1. The lowest BCUT2D eigenvalue weighted by atomic mass is 9.66. The van der Waals surface area contributed by atoms with Crippen LogP contribution in [0.4, 0.5) is 4.79 Å². The minimum atomic E-state index is -0.401. The molecule has 1 aromatic heterocycles. The summed E-state index contributed by atoms with van der Waals surface area (Å²) in [5, 5.41) is 1.06. The molecular weight excluding hydrogens is 424 g/mol. The van der Waals surface area contributed by atoms with E-state index < -0.39 is 6.04 Å². The molecule has 0 bridgehead atoms. The van der Waals surface area contributed by atoms with E-state index in [1.807, 2.05) is 36.4 Å². The highest BCUT2D eigenvalue weighted by molar-refractivity contribution is 5.92. The fourth-order valence-corrected chi connectivity index (χ4v) is 5.68. The van der Waals surface area contributed by atoms with E-state index in [0.717, 1.165) is 42.3 Å². The second-order valence-corrected chi connectivity index (χ2v) is 10.1. The van der Waals surface area contributed by atoms with Crippen molar-refractivity contribution in [1.82, 2.24) is 9.88 Å². The van der Waals surface area contributed by atoms with Crippen molar-refractivity contribution in [3.05, 3.63) is 84.2 Å².